The molecule has 0 bridgehead atoms. The molecular formula is C13H13Cl2N5. The molecule has 20 heavy (non-hydrogen) atoms. The second kappa shape index (κ2) is 5.81. The van der Waals surface area contributed by atoms with Crippen molar-refractivity contribution in [3.05, 3.63) is 41.4 Å². The Balaban J connectivity index is 1.99. The molecule has 0 spiro atoms. The molecule has 0 atom stereocenters. The van der Waals surface area contributed by atoms with E-state index >= 15 is 0 Å². The lowest BCUT2D eigenvalue weighted by Crippen LogP contribution is -2.11. The lowest BCUT2D eigenvalue weighted by atomic mass is 10.3. The van der Waals surface area contributed by atoms with E-state index in [-0.39, 0.29) is 0 Å². The van der Waals surface area contributed by atoms with Crippen LogP contribution in [0.1, 0.15) is 5.82 Å². The van der Waals surface area contributed by atoms with Gasteiger partial charge in [0, 0.05) is 25.0 Å². The lowest BCUT2D eigenvalue weighted by Gasteiger charge is -2.09. The molecular weight excluding hydrogens is 297 g/mol. The van der Waals surface area contributed by atoms with Crippen LogP contribution >= 0.6 is 23.2 Å². The highest BCUT2D eigenvalue weighted by Gasteiger charge is 2.12. The predicted octanol–water partition coefficient (Wildman–Crippen LogP) is 2.76. The summed E-state index contributed by atoms with van der Waals surface area (Å²) in [6.45, 7) is 1.45. The first-order valence-corrected chi connectivity index (χ1v) is 7.24. The fraction of sp³-hybridized carbons (Fsp3) is 0.308. The van der Waals surface area contributed by atoms with Crippen molar-refractivity contribution in [2.75, 3.05) is 5.88 Å². The van der Waals surface area contributed by atoms with Crippen molar-refractivity contribution < 1.29 is 0 Å². The Morgan fingerprint density at radius 2 is 2.10 bits per heavy atom. The van der Waals surface area contributed by atoms with Gasteiger partial charge in [0.2, 0.25) is 0 Å². The molecule has 0 N–H and O–H groups in total. The largest absolute Gasteiger partial charge is 0.325 e. The maximum atomic E-state index is 6.31. The van der Waals surface area contributed by atoms with E-state index in [0.717, 1.165) is 23.4 Å². The third kappa shape index (κ3) is 2.51. The Morgan fingerprint density at radius 1 is 1.20 bits per heavy atom. The van der Waals surface area contributed by atoms with Crippen LogP contribution in [0, 0.1) is 0 Å². The van der Waals surface area contributed by atoms with Crippen molar-refractivity contribution in [3.8, 4) is 0 Å². The van der Waals surface area contributed by atoms with Gasteiger partial charge >= 0.3 is 0 Å². The van der Waals surface area contributed by atoms with Crippen LogP contribution in [0.2, 0.25) is 5.02 Å². The first kappa shape index (κ1) is 13.4. The number of aromatic nitrogens is 5. The number of hydrogen-bond acceptors (Lipinski definition) is 3. The fourth-order valence-electron chi connectivity index (χ4n) is 2.26. The van der Waals surface area contributed by atoms with Crippen LogP contribution in [0.25, 0.3) is 11.0 Å². The van der Waals surface area contributed by atoms with Crippen LogP contribution in [0.5, 0.6) is 0 Å². The molecule has 2 heterocycles. The van der Waals surface area contributed by atoms with E-state index in [1.807, 2.05) is 24.4 Å². The van der Waals surface area contributed by atoms with Crippen molar-refractivity contribution in [2.24, 2.45) is 0 Å². The van der Waals surface area contributed by atoms with E-state index in [9.17, 15) is 0 Å². The van der Waals surface area contributed by atoms with E-state index in [4.69, 9.17) is 23.2 Å². The molecule has 0 fully saturated rings. The Morgan fingerprint density at radius 3 is 2.85 bits per heavy atom. The molecule has 0 aliphatic carbocycles. The van der Waals surface area contributed by atoms with Crippen molar-refractivity contribution in [2.45, 2.75) is 19.5 Å². The zero-order valence-electron chi connectivity index (χ0n) is 10.7. The maximum absolute atomic E-state index is 6.31. The SMILES string of the molecule is ClCCc1nc2cccc(Cl)c2n1CCn1ccnn1. The molecule has 0 unspecified atom stereocenters. The quantitative estimate of drug-likeness (QED) is 0.681. The Hall–Kier alpha value is -1.59. The Bertz CT molecular complexity index is 705. The van der Waals surface area contributed by atoms with Crippen LogP contribution in [0.3, 0.4) is 0 Å². The first-order valence-electron chi connectivity index (χ1n) is 6.33. The summed E-state index contributed by atoms with van der Waals surface area (Å²) >= 11 is 12.2. The lowest BCUT2D eigenvalue weighted by molar-refractivity contribution is 0.516. The van der Waals surface area contributed by atoms with Gasteiger partial charge in [-0.3, -0.25) is 4.68 Å². The summed E-state index contributed by atoms with van der Waals surface area (Å²) in [5.41, 5.74) is 1.85. The summed E-state index contributed by atoms with van der Waals surface area (Å²) < 4.78 is 3.90. The molecule has 0 amide bonds. The number of rotatable bonds is 5. The van der Waals surface area contributed by atoms with Crippen molar-refractivity contribution in [1.29, 1.82) is 0 Å². The van der Waals surface area contributed by atoms with Gasteiger partial charge in [0.1, 0.15) is 5.82 Å². The number of nitrogens with zero attached hydrogens (tertiary/aromatic N) is 5. The van der Waals surface area contributed by atoms with Gasteiger partial charge in [0.25, 0.3) is 0 Å². The number of fused-ring (bicyclic) bond motifs is 1. The zero-order chi connectivity index (χ0) is 13.9. The standard InChI is InChI=1S/C13H13Cl2N5/c14-5-4-12-17-11-3-1-2-10(15)13(11)20(12)9-8-19-7-6-16-18-19/h1-3,6-7H,4-5,8-9H2. The normalized spacial score (nSPS) is 11.3. The van der Waals surface area contributed by atoms with Gasteiger partial charge in [-0.2, -0.15) is 0 Å². The minimum atomic E-state index is 0.532. The Kier molecular flexibility index (Phi) is 3.89. The molecule has 2 aromatic heterocycles. The monoisotopic (exact) mass is 309 g/mol. The highest BCUT2D eigenvalue weighted by atomic mass is 35.5. The van der Waals surface area contributed by atoms with Crippen molar-refractivity contribution in [3.63, 3.8) is 0 Å². The average molecular weight is 310 g/mol. The van der Waals surface area contributed by atoms with E-state index in [0.29, 0.717) is 23.9 Å². The topological polar surface area (TPSA) is 48.5 Å². The highest BCUT2D eigenvalue weighted by Crippen LogP contribution is 2.25. The first-order chi connectivity index (χ1) is 9.79. The van der Waals surface area contributed by atoms with E-state index in [1.165, 1.54) is 0 Å². The summed E-state index contributed by atoms with van der Waals surface area (Å²) in [7, 11) is 0. The summed E-state index contributed by atoms with van der Waals surface area (Å²) in [5.74, 6) is 1.48. The fourth-order valence-corrected chi connectivity index (χ4v) is 2.70. The maximum Gasteiger partial charge on any atom is 0.111 e. The second-order valence-electron chi connectivity index (χ2n) is 4.39. The minimum Gasteiger partial charge on any atom is -0.325 e. The van der Waals surface area contributed by atoms with Crippen LogP contribution in [0.15, 0.2) is 30.6 Å². The van der Waals surface area contributed by atoms with Crippen LogP contribution in [-0.2, 0) is 19.5 Å². The van der Waals surface area contributed by atoms with Crippen LogP contribution in [-0.4, -0.2) is 30.4 Å². The number of para-hydroxylation sites is 1. The number of imidazole rings is 1. The third-order valence-electron chi connectivity index (χ3n) is 3.14. The van der Waals surface area contributed by atoms with Gasteiger partial charge < -0.3 is 4.57 Å². The van der Waals surface area contributed by atoms with Gasteiger partial charge in [0.05, 0.1) is 28.8 Å². The van der Waals surface area contributed by atoms with Gasteiger partial charge in [-0.05, 0) is 12.1 Å². The molecule has 5 nitrogen and oxygen atoms in total. The number of halogens is 2. The van der Waals surface area contributed by atoms with Crippen molar-refractivity contribution >= 4 is 34.2 Å². The number of benzene rings is 1. The Labute approximate surface area is 126 Å². The molecule has 7 heteroatoms. The van der Waals surface area contributed by atoms with Gasteiger partial charge in [-0.25, -0.2) is 4.98 Å². The van der Waals surface area contributed by atoms with Gasteiger partial charge in [-0.1, -0.05) is 22.9 Å². The molecule has 0 saturated heterocycles. The molecule has 3 aromatic rings. The minimum absolute atomic E-state index is 0.532. The number of alkyl halides is 1. The molecule has 0 aliphatic rings. The second-order valence-corrected chi connectivity index (χ2v) is 5.18. The van der Waals surface area contributed by atoms with Crippen molar-refractivity contribution in [1.82, 2.24) is 24.5 Å². The van der Waals surface area contributed by atoms with Crippen LogP contribution in [0.4, 0.5) is 0 Å². The van der Waals surface area contributed by atoms with E-state index in [1.54, 1.807) is 10.9 Å². The molecule has 0 saturated carbocycles. The molecule has 0 radical (unpaired) electrons. The highest BCUT2D eigenvalue weighted by molar-refractivity contribution is 6.35. The predicted molar refractivity (Wildman–Crippen MR) is 79.2 cm³/mol. The summed E-state index contributed by atoms with van der Waals surface area (Å²) in [4.78, 5) is 4.61. The van der Waals surface area contributed by atoms with Crippen LogP contribution < -0.4 is 0 Å². The number of aryl methyl sites for hydroxylation is 3. The average Bonchev–Trinajstić information content (AvgIpc) is 3.05. The smallest absolute Gasteiger partial charge is 0.111 e. The summed E-state index contributed by atoms with van der Waals surface area (Å²) in [6.07, 6.45) is 4.21. The third-order valence-corrected chi connectivity index (χ3v) is 3.63. The number of hydrogen-bond donors (Lipinski definition) is 0. The van der Waals surface area contributed by atoms with E-state index < -0.39 is 0 Å². The summed E-state index contributed by atoms with van der Waals surface area (Å²) in [5, 5.41) is 8.47. The molecule has 0 aliphatic heterocycles. The zero-order valence-corrected chi connectivity index (χ0v) is 12.2. The molecule has 3 rings (SSSR count). The molecule has 104 valence electrons. The molecule has 1 aromatic carbocycles. The van der Waals surface area contributed by atoms with Gasteiger partial charge in [-0.15, -0.1) is 16.7 Å². The van der Waals surface area contributed by atoms with Gasteiger partial charge in [0.15, 0.2) is 0 Å². The summed E-state index contributed by atoms with van der Waals surface area (Å²) in [6, 6.07) is 5.75. The van der Waals surface area contributed by atoms with E-state index in [2.05, 4.69) is 19.9 Å².